The summed E-state index contributed by atoms with van der Waals surface area (Å²) in [6.07, 6.45) is -10.8. The minimum atomic E-state index is -5.02. The number of halogens is 6. The van der Waals surface area contributed by atoms with Crippen molar-refractivity contribution in [3.8, 4) is 0 Å². The highest BCUT2D eigenvalue weighted by Gasteiger charge is 2.38. The zero-order chi connectivity index (χ0) is 25.1. The molecule has 0 aliphatic carbocycles. The highest BCUT2D eigenvalue weighted by Crippen LogP contribution is 2.37. The maximum Gasteiger partial charge on any atom is 0.416 e. The predicted octanol–water partition coefficient (Wildman–Crippen LogP) is 4.65. The summed E-state index contributed by atoms with van der Waals surface area (Å²) < 4.78 is 83.7. The fourth-order valence-electron chi connectivity index (χ4n) is 2.49. The van der Waals surface area contributed by atoms with E-state index in [1.165, 1.54) is 0 Å². The average molecular weight is 487 g/mol. The first-order chi connectivity index (χ1) is 14.2. The minimum Gasteiger partial charge on any atom is -0.417 e. The third-order valence-corrected chi connectivity index (χ3v) is 9.90. The van der Waals surface area contributed by atoms with Gasteiger partial charge in [0.2, 0.25) is 11.8 Å². The van der Waals surface area contributed by atoms with Crippen molar-refractivity contribution in [2.24, 2.45) is 5.73 Å². The lowest BCUT2D eigenvalue weighted by molar-refractivity contribution is -0.143. The molecule has 1 aromatic carbocycles. The standard InChI is InChI=1S/C20H28F6N2O3Si/c1-18(2,3)32(4,5)31-7-6-15(17(27)30)28-16(29)10-12-8-13(19(21,22)23)11-14(9-12)20(24,25)26/h8-9,11,15H,6-7,10H2,1-5H3,(H2,27,30)(H,28,29)/t15-/m0/s1. The van der Waals surface area contributed by atoms with Crippen LogP contribution < -0.4 is 11.1 Å². The normalized spacial score (nSPS) is 14.2. The van der Waals surface area contributed by atoms with Gasteiger partial charge in [-0.05, 0) is 48.3 Å². The largest absolute Gasteiger partial charge is 0.417 e. The van der Waals surface area contributed by atoms with Gasteiger partial charge in [-0.15, -0.1) is 0 Å². The number of rotatable bonds is 8. The molecule has 0 heterocycles. The smallest absolute Gasteiger partial charge is 0.416 e. The van der Waals surface area contributed by atoms with Crippen LogP contribution in [-0.2, 0) is 32.8 Å². The van der Waals surface area contributed by atoms with Gasteiger partial charge in [-0.1, -0.05) is 20.8 Å². The van der Waals surface area contributed by atoms with Crippen molar-refractivity contribution in [2.75, 3.05) is 6.61 Å². The molecule has 0 fully saturated rings. The van der Waals surface area contributed by atoms with E-state index in [0.29, 0.717) is 12.1 Å². The van der Waals surface area contributed by atoms with E-state index in [1.54, 1.807) is 0 Å². The van der Waals surface area contributed by atoms with E-state index in [9.17, 15) is 35.9 Å². The van der Waals surface area contributed by atoms with Crippen LogP contribution >= 0.6 is 0 Å². The van der Waals surface area contributed by atoms with Crippen molar-refractivity contribution in [1.82, 2.24) is 5.32 Å². The Kier molecular flexibility index (Phi) is 8.57. The van der Waals surface area contributed by atoms with Crippen molar-refractivity contribution < 1.29 is 40.4 Å². The number of primary amides is 1. The third-order valence-electron chi connectivity index (χ3n) is 5.37. The summed E-state index contributed by atoms with van der Waals surface area (Å²) in [5.41, 5.74) is 1.74. The molecule has 0 aromatic heterocycles. The van der Waals surface area contributed by atoms with Crippen LogP contribution in [0, 0.1) is 0 Å². The van der Waals surface area contributed by atoms with Crippen LogP contribution in [0.5, 0.6) is 0 Å². The quantitative estimate of drug-likeness (QED) is 0.415. The van der Waals surface area contributed by atoms with Crippen LogP contribution in [0.25, 0.3) is 0 Å². The van der Waals surface area contributed by atoms with Crippen LogP contribution in [0.15, 0.2) is 18.2 Å². The summed E-state index contributed by atoms with van der Waals surface area (Å²) in [5.74, 6) is -1.83. The second-order valence-corrected chi connectivity index (χ2v) is 13.8. The summed E-state index contributed by atoms with van der Waals surface area (Å²) in [6, 6.07) is -0.269. The molecule has 0 radical (unpaired) electrons. The Morgan fingerprint density at radius 1 is 1.00 bits per heavy atom. The molecule has 0 saturated heterocycles. The SMILES string of the molecule is CC(C)(C)[Si](C)(C)OCC[C@H](NC(=O)Cc1cc(C(F)(F)F)cc(C(F)(F)F)c1)C(N)=O. The van der Waals surface area contributed by atoms with E-state index < -0.39 is 61.6 Å². The third kappa shape index (κ3) is 8.12. The Labute approximate surface area is 183 Å². The fraction of sp³-hybridized carbons (Fsp3) is 0.600. The number of alkyl halides is 6. The summed E-state index contributed by atoms with van der Waals surface area (Å²) in [6.45, 7) is 10.1. The second-order valence-electron chi connectivity index (χ2n) is 9.01. The van der Waals surface area contributed by atoms with Crippen LogP contribution in [-0.4, -0.2) is 32.8 Å². The summed E-state index contributed by atoms with van der Waals surface area (Å²) in [5, 5.41) is 2.17. The first-order valence-corrected chi connectivity index (χ1v) is 12.7. The topological polar surface area (TPSA) is 81.4 Å². The monoisotopic (exact) mass is 486 g/mol. The molecule has 0 saturated carbocycles. The van der Waals surface area contributed by atoms with Crippen molar-refractivity contribution in [1.29, 1.82) is 0 Å². The molecule has 32 heavy (non-hydrogen) atoms. The van der Waals surface area contributed by atoms with Gasteiger partial charge in [0.25, 0.3) is 0 Å². The summed E-state index contributed by atoms with van der Waals surface area (Å²) in [7, 11) is -2.13. The van der Waals surface area contributed by atoms with Crippen molar-refractivity contribution in [3.63, 3.8) is 0 Å². The molecule has 2 amide bonds. The second kappa shape index (κ2) is 9.82. The zero-order valence-corrected chi connectivity index (χ0v) is 19.5. The highest BCUT2D eigenvalue weighted by molar-refractivity contribution is 6.74. The molecule has 0 unspecified atom stereocenters. The summed E-state index contributed by atoms with van der Waals surface area (Å²) >= 11 is 0. The molecule has 1 rings (SSSR count). The first kappa shape index (κ1) is 28.0. The Morgan fingerprint density at radius 3 is 1.84 bits per heavy atom. The fourth-order valence-corrected chi connectivity index (χ4v) is 3.55. The molecule has 0 bridgehead atoms. The molecule has 0 spiro atoms. The van der Waals surface area contributed by atoms with Crippen LogP contribution in [0.1, 0.15) is 43.9 Å². The van der Waals surface area contributed by atoms with Crippen molar-refractivity contribution in [3.05, 3.63) is 34.9 Å². The van der Waals surface area contributed by atoms with Gasteiger partial charge < -0.3 is 15.5 Å². The molecular weight excluding hydrogens is 458 g/mol. The maximum absolute atomic E-state index is 13.0. The van der Waals surface area contributed by atoms with E-state index in [-0.39, 0.29) is 24.1 Å². The molecule has 3 N–H and O–H groups in total. The Hall–Kier alpha value is -2.08. The number of hydrogen-bond acceptors (Lipinski definition) is 3. The van der Waals surface area contributed by atoms with Gasteiger partial charge in [0.05, 0.1) is 17.5 Å². The highest BCUT2D eigenvalue weighted by atomic mass is 28.4. The molecule has 1 atom stereocenters. The number of carbonyl (C=O) groups is 2. The molecule has 0 aliphatic rings. The molecule has 1 aromatic rings. The van der Waals surface area contributed by atoms with Gasteiger partial charge in [0.1, 0.15) is 6.04 Å². The maximum atomic E-state index is 13.0. The van der Waals surface area contributed by atoms with Crippen LogP contribution in [0.3, 0.4) is 0 Å². The number of carbonyl (C=O) groups excluding carboxylic acids is 2. The van der Waals surface area contributed by atoms with Gasteiger partial charge in [-0.25, -0.2) is 0 Å². The van der Waals surface area contributed by atoms with E-state index in [1.807, 2.05) is 33.9 Å². The zero-order valence-electron chi connectivity index (χ0n) is 18.5. The lowest BCUT2D eigenvalue weighted by Crippen LogP contribution is -2.47. The van der Waals surface area contributed by atoms with E-state index in [4.69, 9.17) is 10.2 Å². The lowest BCUT2D eigenvalue weighted by Gasteiger charge is -2.36. The minimum absolute atomic E-state index is 0.0178. The number of nitrogens with one attached hydrogen (secondary N) is 1. The first-order valence-electron chi connectivity index (χ1n) is 9.75. The van der Waals surface area contributed by atoms with E-state index in [2.05, 4.69) is 5.32 Å². The molecule has 0 aliphatic heterocycles. The molecule has 5 nitrogen and oxygen atoms in total. The number of nitrogens with two attached hydrogens (primary N) is 1. The van der Waals surface area contributed by atoms with Gasteiger partial charge in [0, 0.05) is 6.61 Å². The van der Waals surface area contributed by atoms with E-state index in [0.717, 1.165) is 0 Å². The van der Waals surface area contributed by atoms with Gasteiger partial charge >= 0.3 is 12.4 Å². The van der Waals surface area contributed by atoms with Gasteiger partial charge in [0.15, 0.2) is 8.32 Å². The van der Waals surface area contributed by atoms with Crippen LogP contribution in [0.4, 0.5) is 26.3 Å². The predicted molar refractivity (Wildman–Crippen MR) is 109 cm³/mol. The number of amides is 2. The molecular formula is C20H28F6N2O3Si. The van der Waals surface area contributed by atoms with Gasteiger partial charge in [-0.2, -0.15) is 26.3 Å². The van der Waals surface area contributed by atoms with Crippen molar-refractivity contribution >= 4 is 20.1 Å². The van der Waals surface area contributed by atoms with E-state index >= 15 is 0 Å². The Balaban J connectivity index is 2.93. The van der Waals surface area contributed by atoms with Gasteiger partial charge in [-0.3, -0.25) is 9.59 Å². The average Bonchev–Trinajstić information content (AvgIpc) is 2.57. The van der Waals surface area contributed by atoms with Crippen LogP contribution in [0.2, 0.25) is 18.1 Å². The Bertz CT molecular complexity index is 800. The molecule has 182 valence electrons. The number of hydrogen-bond donors (Lipinski definition) is 2. The molecule has 12 heteroatoms. The Morgan fingerprint density at radius 2 is 1.47 bits per heavy atom. The lowest BCUT2D eigenvalue weighted by atomic mass is 10.0. The number of benzene rings is 1. The van der Waals surface area contributed by atoms with Crippen molar-refractivity contribution in [2.45, 2.75) is 70.1 Å². The summed E-state index contributed by atoms with van der Waals surface area (Å²) in [4.78, 5) is 23.9.